The van der Waals surface area contributed by atoms with E-state index in [4.69, 9.17) is 8.61 Å². The first kappa shape index (κ1) is 27.2. The fourth-order valence-electron chi connectivity index (χ4n) is 7.14. The second-order valence-electron chi connectivity index (χ2n) is 13.2. The highest BCUT2D eigenvalue weighted by atomic mass is 32.2. The van der Waals surface area contributed by atoms with Crippen LogP contribution in [0, 0.1) is 28.6 Å². The van der Waals surface area contributed by atoms with Gasteiger partial charge >= 0.3 is 15.6 Å². The molecule has 6 atom stereocenters. The minimum absolute atomic E-state index is 0.00955. The molecule has 0 aromatic rings. The van der Waals surface area contributed by atoms with Crippen molar-refractivity contribution in [2.75, 3.05) is 0 Å². The van der Waals surface area contributed by atoms with E-state index in [1.54, 1.807) is 6.08 Å². The maximum absolute atomic E-state index is 13.0. The van der Waals surface area contributed by atoms with Gasteiger partial charge in [0.05, 0.1) is 0 Å². The fraction of sp³-hybridized carbons (Fsp3) is 0.846. The summed E-state index contributed by atoms with van der Waals surface area (Å²) in [4.78, 5) is 0. The molecule has 4 nitrogen and oxygen atoms in total. The second-order valence-corrected chi connectivity index (χ2v) is 19.5. The van der Waals surface area contributed by atoms with Crippen LogP contribution in [-0.2, 0) is 18.7 Å². The third-order valence-corrected chi connectivity index (χ3v) is 15.8. The van der Waals surface area contributed by atoms with Crippen LogP contribution in [0.1, 0.15) is 79.6 Å². The average molecular weight is 535 g/mol. The smallest absolute Gasteiger partial charge is 0.414 e. The van der Waals surface area contributed by atoms with Crippen LogP contribution >= 0.6 is 0 Å². The van der Waals surface area contributed by atoms with Crippen LogP contribution in [0.5, 0.6) is 0 Å². The lowest BCUT2D eigenvalue weighted by Crippen LogP contribution is -2.51. The molecular formula is C26H41F3O4SSi. The summed E-state index contributed by atoms with van der Waals surface area (Å²) in [5, 5.41) is 0.169. The van der Waals surface area contributed by atoms with Gasteiger partial charge in [-0.05, 0) is 92.3 Å². The first-order chi connectivity index (χ1) is 15.8. The largest absolute Gasteiger partial charge is 0.534 e. The zero-order valence-corrected chi connectivity index (χ0v) is 23.9. The maximum Gasteiger partial charge on any atom is 0.534 e. The van der Waals surface area contributed by atoms with Gasteiger partial charge in [-0.15, -0.1) is 0 Å². The highest BCUT2D eigenvalue weighted by Crippen LogP contribution is 2.65. The van der Waals surface area contributed by atoms with Crippen LogP contribution in [0.4, 0.5) is 13.2 Å². The number of halogens is 3. The molecule has 0 amide bonds. The Kier molecular flexibility index (Phi) is 6.50. The van der Waals surface area contributed by atoms with E-state index in [-0.39, 0.29) is 28.2 Å². The zero-order chi connectivity index (χ0) is 26.2. The average Bonchev–Trinajstić information content (AvgIpc) is 3.02. The number of allylic oxidation sites excluding steroid dienone is 3. The summed E-state index contributed by atoms with van der Waals surface area (Å²) in [6, 6.07) is 0. The van der Waals surface area contributed by atoms with Crippen molar-refractivity contribution >= 4 is 18.4 Å². The molecule has 0 spiro atoms. The molecule has 0 saturated heterocycles. The van der Waals surface area contributed by atoms with Crippen molar-refractivity contribution in [1.29, 1.82) is 0 Å². The van der Waals surface area contributed by atoms with Crippen LogP contribution < -0.4 is 0 Å². The molecular weight excluding hydrogens is 493 g/mol. The molecule has 0 N–H and O–H groups in total. The molecule has 0 bridgehead atoms. The summed E-state index contributed by atoms with van der Waals surface area (Å²) in [6.45, 7) is 15.7. The Balaban J connectivity index is 1.52. The van der Waals surface area contributed by atoms with Gasteiger partial charge in [0, 0.05) is 11.5 Å². The molecule has 0 unspecified atom stereocenters. The lowest BCUT2D eigenvalue weighted by molar-refractivity contribution is -0.0582. The van der Waals surface area contributed by atoms with Crippen LogP contribution in [0.25, 0.3) is 0 Å². The number of fused-ring (bicyclic) bond motifs is 5. The van der Waals surface area contributed by atoms with E-state index in [1.165, 1.54) is 5.57 Å². The first-order valence-electron chi connectivity index (χ1n) is 12.9. The third kappa shape index (κ3) is 4.45. The quantitative estimate of drug-likeness (QED) is 0.160. The molecule has 0 radical (unpaired) electrons. The maximum atomic E-state index is 13.0. The molecule has 2 fully saturated rings. The third-order valence-electron chi connectivity index (χ3n) is 10.3. The topological polar surface area (TPSA) is 52.6 Å². The summed E-state index contributed by atoms with van der Waals surface area (Å²) in [6.07, 6.45) is 10.2. The Labute approximate surface area is 210 Å². The summed E-state index contributed by atoms with van der Waals surface area (Å²) in [7, 11) is -7.51. The minimum Gasteiger partial charge on any atom is -0.414 e. The van der Waals surface area contributed by atoms with Gasteiger partial charge in [0.2, 0.25) is 0 Å². The van der Waals surface area contributed by atoms with E-state index in [9.17, 15) is 21.6 Å². The number of hydrogen-bond acceptors (Lipinski definition) is 4. The molecule has 0 aromatic carbocycles. The van der Waals surface area contributed by atoms with E-state index in [0.717, 1.165) is 32.1 Å². The molecule has 35 heavy (non-hydrogen) atoms. The zero-order valence-electron chi connectivity index (χ0n) is 22.1. The summed E-state index contributed by atoms with van der Waals surface area (Å²) in [5.74, 6) is 0.841. The molecule has 0 heterocycles. The molecule has 4 rings (SSSR count). The lowest BCUT2D eigenvalue weighted by Gasteiger charge is -2.58. The predicted molar refractivity (Wildman–Crippen MR) is 133 cm³/mol. The van der Waals surface area contributed by atoms with Crippen molar-refractivity contribution < 1.29 is 30.2 Å². The van der Waals surface area contributed by atoms with Crippen molar-refractivity contribution in [3.05, 3.63) is 23.5 Å². The van der Waals surface area contributed by atoms with Gasteiger partial charge in [0.1, 0.15) is 5.76 Å². The van der Waals surface area contributed by atoms with Crippen LogP contribution in [0.15, 0.2) is 23.5 Å². The number of alkyl halides is 3. The summed E-state index contributed by atoms with van der Waals surface area (Å²) < 4.78 is 73.9. The van der Waals surface area contributed by atoms with Crippen molar-refractivity contribution in [3.63, 3.8) is 0 Å². The number of rotatable bonds is 4. The molecule has 2 saturated carbocycles. The van der Waals surface area contributed by atoms with Crippen LogP contribution in [-0.4, -0.2) is 28.3 Å². The number of hydrogen-bond donors (Lipinski definition) is 0. The summed E-state index contributed by atoms with van der Waals surface area (Å²) in [5.41, 5.74) is -4.54. The highest BCUT2D eigenvalue weighted by Gasteiger charge is 2.59. The first-order valence-corrected chi connectivity index (χ1v) is 17.2. The molecule has 9 heteroatoms. The second kappa shape index (κ2) is 8.35. The normalized spacial score (nSPS) is 38.1. The summed E-state index contributed by atoms with van der Waals surface area (Å²) >= 11 is 0. The SMILES string of the molecule is CC(C)(C)[Si](C)(C)O[C@H]1CC[C@@]2(C)C(=CC[C@@H]3[C@@H]2CC[C@]2(C)C(OS(=O)(=O)C(F)(F)F)=CC[C@@H]32)C1. The van der Waals surface area contributed by atoms with Gasteiger partial charge in [-0.25, -0.2) is 0 Å². The van der Waals surface area contributed by atoms with Gasteiger partial charge in [-0.1, -0.05) is 46.3 Å². The van der Waals surface area contributed by atoms with E-state index in [2.05, 4.69) is 46.9 Å². The van der Waals surface area contributed by atoms with Crippen molar-refractivity contribution in [1.82, 2.24) is 0 Å². The lowest BCUT2D eigenvalue weighted by atomic mass is 9.48. The Morgan fingerprint density at radius 1 is 0.971 bits per heavy atom. The van der Waals surface area contributed by atoms with Crippen LogP contribution in [0.2, 0.25) is 18.1 Å². The monoisotopic (exact) mass is 534 g/mol. The predicted octanol–water partition coefficient (Wildman–Crippen LogP) is 7.70. The van der Waals surface area contributed by atoms with Crippen LogP contribution in [0.3, 0.4) is 0 Å². The molecule has 0 aromatic heterocycles. The minimum atomic E-state index is -5.65. The highest BCUT2D eigenvalue weighted by molar-refractivity contribution is 7.87. The van der Waals surface area contributed by atoms with E-state index in [0.29, 0.717) is 24.7 Å². The fourth-order valence-corrected chi connectivity index (χ4v) is 9.12. The van der Waals surface area contributed by atoms with Crippen molar-refractivity contribution in [2.45, 2.75) is 109 Å². The Hall–Kier alpha value is -0.803. The van der Waals surface area contributed by atoms with E-state index < -0.39 is 29.4 Å². The Morgan fingerprint density at radius 3 is 2.20 bits per heavy atom. The molecule has 4 aliphatic rings. The van der Waals surface area contributed by atoms with Gasteiger partial charge in [-0.2, -0.15) is 21.6 Å². The van der Waals surface area contributed by atoms with E-state index >= 15 is 0 Å². The van der Waals surface area contributed by atoms with Gasteiger partial charge < -0.3 is 8.61 Å². The van der Waals surface area contributed by atoms with Gasteiger partial charge in [-0.3, -0.25) is 0 Å². The molecule has 0 aliphatic heterocycles. The van der Waals surface area contributed by atoms with Gasteiger partial charge in [0.25, 0.3) is 0 Å². The molecule has 4 aliphatic carbocycles. The van der Waals surface area contributed by atoms with Gasteiger partial charge in [0.15, 0.2) is 8.32 Å². The van der Waals surface area contributed by atoms with Crippen molar-refractivity contribution in [3.8, 4) is 0 Å². The standard InChI is InChI=1S/C26H41F3O4SSi/c1-23(2,3)35(6,7)33-18-12-14-24(4)17(16-18)8-9-19-20-10-11-22(25(20,5)15-13-21(19)24)32-34(30,31)26(27,28)29/h8,11,18-21H,9-10,12-16H2,1-7H3/t18-,19-,20-,21-,24-,25-/m0/s1. The Bertz CT molecular complexity index is 1030. The molecule has 200 valence electrons. The Morgan fingerprint density at radius 2 is 1.60 bits per heavy atom. The van der Waals surface area contributed by atoms with E-state index in [1.807, 2.05) is 6.92 Å². The van der Waals surface area contributed by atoms with Crippen molar-refractivity contribution in [2.24, 2.45) is 28.6 Å².